The van der Waals surface area contributed by atoms with Crippen LogP contribution in [-0.4, -0.2) is 48.3 Å². The monoisotopic (exact) mass is 362 g/mol. The highest BCUT2D eigenvalue weighted by Crippen LogP contribution is 2.58. The molecule has 1 saturated heterocycles. The third-order valence-corrected chi connectivity index (χ3v) is 6.10. The van der Waals surface area contributed by atoms with Gasteiger partial charge in [0.25, 0.3) is 5.91 Å². The first-order chi connectivity index (χ1) is 11.9. The van der Waals surface area contributed by atoms with E-state index in [2.05, 4.69) is 11.9 Å². The van der Waals surface area contributed by atoms with E-state index in [0.29, 0.717) is 23.6 Å². The Morgan fingerprint density at radius 2 is 2.12 bits per heavy atom. The number of methoxy groups -OCH3 is 2. The number of carbonyl (C=O) groups excluding carboxylic acids is 2. The van der Waals surface area contributed by atoms with Crippen LogP contribution in [0.1, 0.15) is 35.1 Å². The molecule has 0 aromatic heterocycles. The maximum Gasteiger partial charge on any atom is 0.260 e. The minimum Gasteiger partial charge on any atom is -0.493 e. The molecule has 0 bridgehead atoms. The Bertz CT molecular complexity index is 747. The number of benzene rings is 1. The first-order valence-electron chi connectivity index (χ1n) is 8.01. The van der Waals surface area contributed by atoms with Crippen LogP contribution in [0.15, 0.2) is 24.8 Å². The summed E-state index contributed by atoms with van der Waals surface area (Å²) in [7, 11) is 3.05. The number of fused-ring (bicyclic) bond motifs is 3. The number of hydrogen-bond donors (Lipinski definition) is 1. The number of nitrogens with one attached hydrogen (secondary N) is 1. The summed E-state index contributed by atoms with van der Waals surface area (Å²) >= 11 is 1.61. The minimum absolute atomic E-state index is 0.174. The van der Waals surface area contributed by atoms with Gasteiger partial charge in [0, 0.05) is 16.9 Å². The maximum atomic E-state index is 13.2. The Morgan fingerprint density at radius 1 is 1.40 bits per heavy atom. The highest BCUT2D eigenvalue weighted by atomic mass is 32.2. The number of nitrogens with zero attached hydrogens (tertiary/aromatic N) is 1. The normalized spacial score (nSPS) is 23.0. The van der Waals surface area contributed by atoms with Crippen LogP contribution in [-0.2, 0) is 4.79 Å². The molecule has 2 heterocycles. The van der Waals surface area contributed by atoms with E-state index in [1.807, 2.05) is 19.9 Å². The van der Waals surface area contributed by atoms with E-state index in [0.717, 1.165) is 5.56 Å². The first kappa shape index (κ1) is 17.7. The molecule has 1 fully saturated rings. The third-order valence-electron chi connectivity index (χ3n) is 4.57. The molecule has 6 nitrogen and oxygen atoms in total. The van der Waals surface area contributed by atoms with Gasteiger partial charge in [-0.2, -0.15) is 0 Å². The van der Waals surface area contributed by atoms with Crippen molar-refractivity contribution >= 4 is 23.6 Å². The Balaban J connectivity index is 2.06. The molecule has 2 amide bonds. The molecule has 3 rings (SSSR count). The van der Waals surface area contributed by atoms with E-state index >= 15 is 0 Å². The lowest BCUT2D eigenvalue weighted by molar-refractivity contribution is -0.125. The fourth-order valence-electron chi connectivity index (χ4n) is 3.53. The van der Waals surface area contributed by atoms with Crippen molar-refractivity contribution in [2.75, 3.05) is 20.8 Å². The van der Waals surface area contributed by atoms with E-state index in [4.69, 9.17) is 9.47 Å². The van der Waals surface area contributed by atoms with Crippen molar-refractivity contribution in [3.05, 3.63) is 35.9 Å². The van der Waals surface area contributed by atoms with Gasteiger partial charge in [0.05, 0.1) is 19.8 Å². The second-order valence-corrected chi connectivity index (χ2v) is 8.22. The summed E-state index contributed by atoms with van der Waals surface area (Å²) in [6.07, 6.45) is 1.62. The van der Waals surface area contributed by atoms with Crippen molar-refractivity contribution in [1.29, 1.82) is 0 Å². The van der Waals surface area contributed by atoms with Crippen molar-refractivity contribution in [2.45, 2.75) is 30.0 Å². The van der Waals surface area contributed by atoms with E-state index < -0.39 is 10.8 Å². The van der Waals surface area contributed by atoms with Gasteiger partial charge in [0.1, 0.15) is 11.4 Å². The first-order valence-corrected chi connectivity index (χ1v) is 8.89. The Hall–Kier alpha value is -2.15. The zero-order valence-electron chi connectivity index (χ0n) is 14.8. The van der Waals surface area contributed by atoms with Gasteiger partial charge in [-0.3, -0.25) is 9.59 Å². The van der Waals surface area contributed by atoms with Crippen molar-refractivity contribution in [3.63, 3.8) is 0 Å². The predicted molar refractivity (Wildman–Crippen MR) is 97.1 cm³/mol. The molecule has 2 aliphatic heterocycles. The molecule has 1 aromatic carbocycles. The van der Waals surface area contributed by atoms with Crippen molar-refractivity contribution in [3.8, 4) is 11.5 Å². The predicted octanol–water partition coefficient (Wildman–Crippen LogP) is 2.35. The molecule has 0 unspecified atom stereocenters. The average molecular weight is 362 g/mol. The highest BCUT2D eigenvalue weighted by molar-refractivity contribution is 8.01. The zero-order valence-corrected chi connectivity index (χ0v) is 15.6. The zero-order chi connectivity index (χ0) is 18.4. The van der Waals surface area contributed by atoms with Gasteiger partial charge in [0.15, 0.2) is 11.5 Å². The fourth-order valence-corrected chi connectivity index (χ4v) is 5.10. The molecule has 1 N–H and O–H groups in total. The molecule has 7 heteroatoms. The summed E-state index contributed by atoms with van der Waals surface area (Å²) in [4.78, 5) is 27.6. The number of ether oxygens (including phenoxy) is 2. The van der Waals surface area contributed by atoms with Gasteiger partial charge in [-0.25, -0.2) is 0 Å². The Kier molecular flexibility index (Phi) is 4.45. The van der Waals surface area contributed by atoms with Crippen LogP contribution in [0.2, 0.25) is 0 Å². The second-order valence-electron chi connectivity index (χ2n) is 6.49. The highest BCUT2D eigenvalue weighted by Gasteiger charge is 2.58. The quantitative estimate of drug-likeness (QED) is 0.815. The minimum atomic E-state index is -0.571. The maximum absolute atomic E-state index is 13.2. The molecule has 1 aromatic rings. The van der Waals surface area contributed by atoms with E-state index in [1.54, 1.807) is 28.8 Å². The van der Waals surface area contributed by atoms with Gasteiger partial charge in [-0.1, -0.05) is 12.1 Å². The lowest BCUT2D eigenvalue weighted by Crippen LogP contribution is -2.52. The summed E-state index contributed by atoms with van der Waals surface area (Å²) < 4.78 is 10.3. The summed E-state index contributed by atoms with van der Waals surface area (Å²) in [5.41, 5.74) is 1.34. The standard InChI is InChI=1S/C18H22N2O4S/c1-6-9-19-15(21)14-18(2,3)25-17-10-7-8-11(23-4)13(24-5)12(10)16(22)20(14)17/h6-8,14,17H,1,9H2,2-5H3,(H,19,21)/t14-,17+/m0/s1. The number of amides is 2. The molecule has 2 aliphatic rings. The molecular formula is C18H22N2O4S. The fraction of sp³-hybridized carbons (Fsp3) is 0.444. The molecule has 0 radical (unpaired) electrons. The molecule has 134 valence electrons. The van der Waals surface area contributed by atoms with Gasteiger partial charge in [-0.15, -0.1) is 18.3 Å². The van der Waals surface area contributed by atoms with Crippen LogP contribution in [0.5, 0.6) is 11.5 Å². The molecular weight excluding hydrogens is 340 g/mol. The largest absolute Gasteiger partial charge is 0.493 e. The van der Waals surface area contributed by atoms with E-state index in [1.165, 1.54) is 14.2 Å². The summed E-state index contributed by atoms with van der Waals surface area (Å²) in [6, 6.07) is 3.11. The summed E-state index contributed by atoms with van der Waals surface area (Å²) in [6.45, 7) is 7.96. The van der Waals surface area contributed by atoms with Gasteiger partial charge < -0.3 is 19.7 Å². The average Bonchev–Trinajstić information content (AvgIpc) is 3.01. The molecule has 0 aliphatic carbocycles. The SMILES string of the molecule is C=CCNC(=O)[C@@H]1N2C(=O)c3c(ccc(OC)c3OC)[C@H]2SC1(C)C. The summed E-state index contributed by atoms with van der Waals surface area (Å²) in [5, 5.41) is 2.61. The summed E-state index contributed by atoms with van der Waals surface area (Å²) in [5.74, 6) is 0.551. The lowest BCUT2D eigenvalue weighted by Gasteiger charge is -2.29. The van der Waals surface area contributed by atoms with Crippen molar-refractivity contribution in [2.24, 2.45) is 0 Å². The van der Waals surface area contributed by atoms with Crippen LogP contribution in [0, 0.1) is 0 Å². The van der Waals surface area contributed by atoms with Crippen LogP contribution < -0.4 is 14.8 Å². The molecule has 2 atom stereocenters. The van der Waals surface area contributed by atoms with Gasteiger partial charge >= 0.3 is 0 Å². The second kappa shape index (κ2) is 6.29. The Morgan fingerprint density at radius 3 is 2.72 bits per heavy atom. The molecule has 0 spiro atoms. The third kappa shape index (κ3) is 2.57. The number of thioether (sulfide) groups is 1. The van der Waals surface area contributed by atoms with Gasteiger partial charge in [-0.05, 0) is 19.9 Å². The number of rotatable bonds is 5. The van der Waals surface area contributed by atoms with Crippen LogP contribution in [0.4, 0.5) is 0 Å². The Labute approximate surface area is 151 Å². The number of carbonyl (C=O) groups is 2. The van der Waals surface area contributed by atoms with Crippen LogP contribution in [0.3, 0.4) is 0 Å². The van der Waals surface area contributed by atoms with E-state index in [9.17, 15) is 9.59 Å². The van der Waals surface area contributed by atoms with Crippen molar-refractivity contribution < 1.29 is 19.1 Å². The lowest BCUT2D eigenvalue weighted by atomic mass is 10.0. The molecule has 0 saturated carbocycles. The smallest absolute Gasteiger partial charge is 0.260 e. The number of hydrogen-bond acceptors (Lipinski definition) is 5. The molecule has 25 heavy (non-hydrogen) atoms. The van der Waals surface area contributed by atoms with Gasteiger partial charge in [0.2, 0.25) is 5.91 Å². The topological polar surface area (TPSA) is 67.9 Å². The van der Waals surface area contributed by atoms with Crippen LogP contribution in [0.25, 0.3) is 0 Å². The van der Waals surface area contributed by atoms with E-state index in [-0.39, 0.29) is 17.2 Å². The van der Waals surface area contributed by atoms with Crippen LogP contribution >= 0.6 is 11.8 Å². The van der Waals surface area contributed by atoms with Crippen molar-refractivity contribution in [1.82, 2.24) is 10.2 Å².